The number of rotatable bonds is 4. The predicted octanol–water partition coefficient (Wildman–Crippen LogP) is 0.702. The van der Waals surface area contributed by atoms with Crippen molar-refractivity contribution in [3.8, 4) is 5.75 Å². The van der Waals surface area contributed by atoms with E-state index in [4.69, 9.17) is 4.74 Å². The summed E-state index contributed by atoms with van der Waals surface area (Å²) in [6.07, 6.45) is 1.27. The van der Waals surface area contributed by atoms with Crippen molar-refractivity contribution >= 4 is 29.9 Å². The van der Waals surface area contributed by atoms with Crippen molar-refractivity contribution in [1.82, 2.24) is 10.6 Å². The third kappa shape index (κ3) is 3.69. The topological polar surface area (TPSA) is 70.7 Å². The van der Waals surface area contributed by atoms with Gasteiger partial charge < -0.3 is 20.3 Å². The fourth-order valence-corrected chi connectivity index (χ4v) is 2.69. The molecule has 2 amide bonds. The number of halogens is 1. The van der Waals surface area contributed by atoms with Crippen LogP contribution in [0.25, 0.3) is 0 Å². The van der Waals surface area contributed by atoms with Gasteiger partial charge in [-0.25, -0.2) is 0 Å². The van der Waals surface area contributed by atoms with Crippen LogP contribution in [0.2, 0.25) is 0 Å². The fourth-order valence-electron chi connectivity index (χ4n) is 2.69. The number of fused-ring (bicyclic) bond motifs is 1. The lowest BCUT2D eigenvalue weighted by Gasteiger charge is -2.29. The molecule has 1 unspecified atom stereocenters. The standard InChI is InChI=1S/C15H19N3O3.ClH/c19-14(17-11-5-7-16-9-11)6-8-18-12-3-1-2-4-13(12)21-10-15(18)20;/h1-4,11,16H,5-10H2,(H,17,19);1H. The summed E-state index contributed by atoms with van der Waals surface area (Å²) in [5, 5.41) is 6.19. The van der Waals surface area contributed by atoms with Crippen LogP contribution in [0.3, 0.4) is 0 Å². The quantitative estimate of drug-likeness (QED) is 0.855. The summed E-state index contributed by atoms with van der Waals surface area (Å²) in [4.78, 5) is 25.6. The molecule has 0 bridgehead atoms. The minimum Gasteiger partial charge on any atom is -0.482 e. The third-order valence-electron chi connectivity index (χ3n) is 3.80. The van der Waals surface area contributed by atoms with Crippen LogP contribution in [0, 0.1) is 0 Å². The van der Waals surface area contributed by atoms with E-state index >= 15 is 0 Å². The molecule has 1 aromatic carbocycles. The molecule has 120 valence electrons. The van der Waals surface area contributed by atoms with Crippen molar-refractivity contribution in [2.24, 2.45) is 0 Å². The lowest BCUT2D eigenvalue weighted by Crippen LogP contribution is -2.42. The second-order valence-electron chi connectivity index (χ2n) is 5.31. The lowest BCUT2D eigenvalue weighted by atomic mass is 10.2. The van der Waals surface area contributed by atoms with E-state index in [9.17, 15) is 9.59 Å². The van der Waals surface area contributed by atoms with Gasteiger partial charge in [-0.1, -0.05) is 12.1 Å². The van der Waals surface area contributed by atoms with Gasteiger partial charge in [-0.2, -0.15) is 0 Å². The van der Waals surface area contributed by atoms with Crippen molar-refractivity contribution in [2.75, 3.05) is 31.1 Å². The first-order valence-corrected chi connectivity index (χ1v) is 7.26. The number of carbonyl (C=O) groups excluding carboxylic acids is 2. The Morgan fingerprint density at radius 2 is 2.23 bits per heavy atom. The van der Waals surface area contributed by atoms with Gasteiger partial charge in [0.05, 0.1) is 5.69 Å². The maximum absolute atomic E-state index is 12.0. The smallest absolute Gasteiger partial charge is 0.265 e. The number of amides is 2. The molecule has 1 atom stereocenters. The van der Waals surface area contributed by atoms with Crippen molar-refractivity contribution < 1.29 is 14.3 Å². The Bertz CT molecular complexity index is 547. The molecule has 0 saturated carbocycles. The normalized spacial score (nSPS) is 19.9. The molecule has 2 N–H and O–H groups in total. The van der Waals surface area contributed by atoms with E-state index in [1.54, 1.807) is 4.90 Å². The summed E-state index contributed by atoms with van der Waals surface area (Å²) in [7, 11) is 0. The Balaban J connectivity index is 0.00000176. The Labute approximate surface area is 135 Å². The number of carbonyl (C=O) groups is 2. The van der Waals surface area contributed by atoms with E-state index in [1.165, 1.54) is 0 Å². The van der Waals surface area contributed by atoms with E-state index < -0.39 is 0 Å². The third-order valence-corrected chi connectivity index (χ3v) is 3.80. The van der Waals surface area contributed by atoms with Gasteiger partial charge in [-0.3, -0.25) is 9.59 Å². The van der Waals surface area contributed by atoms with E-state index in [2.05, 4.69) is 10.6 Å². The molecule has 22 heavy (non-hydrogen) atoms. The molecule has 6 nitrogen and oxygen atoms in total. The van der Waals surface area contributed by atoms with Crippen molar-refractivity contribution in [3.63, 3.8) is 0 Å². The molecule has 0 radical (unpaired) electrons. The number of nitrogens with one attached hydrogen (secondary N) is 2. The zero-order chi connectivity index (χ0) is 14.7. The number of hydrogen-bond acceptors (Lipinski definition) is 4. The van der Waals surface area contributed by atoms with Gasteiger partial charge in [0.25, 0.3) is 5.91 Å². The number of para-hydroxylation sites is 2. The second kappa shape index (κ2) is 7.47. The first kappa shape index (κ1) is 16.6. The SMILES string of the molecule is Cl.O=C(CCN1C(=O)COc2ccccc21)NC1CCNC1. The zero-order valence-electron chi connectivity index (χ0n) is 12.2. The molecule has 1 aromatic rings. The Kier molecular flexibility index (Phi) is 5.63. The molecule has 3 rings (SSSR count). The van der Waals surface area contributed by atoms with Crippen LogP contribution in [-0.4, -0.2) is 44.1 Å². The minimum atomic E-state index is -0.107. The number of benzene rings is 1. The molecular weight excluding hydrogens is 306 g/mol. The van der Waals surface area contributed by atoms with E-state index in [1.807, 2.05) is 24.3 Å². The monoisotopic (exact) mass is 325 g/mol. The highest BCUT2D eigenvalue weighted by Gasteiger charge is 2.25. The van der Waals surface area contributed by atoms with Crippen LogP contribution >= 0.6 is 12.4 Å². The minimum absolute atomic E-state index is 0. The van der Waals surface area contributed by atoms with Gasteiger partial charge in [-0.05, 0) is 25.1 Å². The highest BCUT2D eigenvalue weighted by Crippen LogP contribution is 2.31. The summed E-state index contributed by atoms with van der Waals surface area (Å²) >= 11 is 0. The molecule has 7 heteroatoms. The summed E-state index contributed by atoms with van der Waals surface area (Å²) in [6, 6.07) is 7.61. The van der Waals surface area contributed by atoms with Gasteiger partial charge in [0.1, 0.15) is 5.75 Å². The van der Waals surface area contributed by atoms with Crippen LogP contribution in [0.1, 0.15) is 12.8 Å². The molecular formula is C15H20ClN3O3. The van der Waals surface area contributed by atoms with E-state index in [0.29, 0.717) is 18.7 Å². The summed E-state index contributed by atoms with van der Waals surface area (Å²) < 4.78 is 5.38. The highest BCUT2D eigenvalue weighted by atomic mass is 35.5. The molecule has 2 heterocycles. The van der Waals surface area contributed by atoms with Crippen molar-refractivity contribution in [3.05, 3.63) is 24.3 Å². The number of ether oxygens (including phenoxy) is 1. The summed E-state index contributed by atoms with van der Waals surface area (Å²) in [5.41, 5.74) is 0.740. The number of nitrogens with zero attached hydrogens (tertiary/aromatic N) is 1. The first-order valence-electron chi connectivity index (χ1n) is 7.26. The van der Waals surface area contributed by atoms with E-state index in [-0.39, 0.29) is 36.9 Å². The second-order valence-corrected chi connectivity index (χ2v) is 5.31. The molecule has 0 spiro atoms. The van der Waals surface area contributed by atoms with Crippen LogP contribution < -0.4 is 20.3 Å². The molecule has 0 aliphatic carbocycles. The maximum atomic E-state index is 12.0. The van der Waals surface area contributed by atoms with Crippen LogP contribution in [0.4, 0.5) is 5.69 Å². The summed E-state index contributed by atoms with van der Waals surface area (Å²) in [6.45, 7) is 2.18. The molecule has 1 fully saturated rings. The maximum Gasteiger partial charge on any atom is 0.265 e. The molecule has 0 aromatic heterocycles. The lowest BCUT2D eigenvalue weighted by molar-refractivity contribution is -0.122. The predicted molar refractivity (Wildman–Crippen MR) is 85.6 cm³/mol. The first-order chi connectivity index (χ1) is 10.2. The van der Waals surface area contributed by atoms with Crippen molar-refractivity contribution in [2.45, 2.75) is 18.9 Å². The van der Waals surface area contributed by atoms with Crippen LogP contribution in [0.5, 0.6) is 5.75 Å². The zero-order valence-corrected chi connectivity index (χ0v) is 13.0. The summed E-state index contributed by atoms with van der Waals surface area (Å²) in [5.74, 6) is 0.571. The van der Waals surface area contributed by atoms with Crippen LogP contribution in [-0.2, 0) is 9.59 Å². The van der Waals surface area contributed by atoms with E-state index in [0.717, 1.165) is 25.2 Å². The van der Waals surface area contributed by atoms with Gasteiger partial charge in [-0.15, -0.1) is 12.4 Å². The highest BCUT2D eigenvalue weighted by molar-refractivity contribution is 5.98. The largest absolute Gasteiger partial charge is 0.482 e. The van der Waals surface area contributed by atoms with Gasteiger partial charge >= 0.3 is 0 Å². The average Bonchev–Trinajstić information content (AvgIpc) is 2.99. The Hall–Kier alpha value is -1.79. The Morgan fingerprint density at radius 3 is 3.00 bits per heavy atom. The Morgan fingerprint density at radius 1 is 1.41 bits per heavy atom. The van der Waals surface area contributed by atoms with Gasteiger partial charge in [0.2, 0.25) is 5.91 Å². The molecule has 1 saturated heterocycles. The molecule has 2 aliphatic heterocycles. The average molecular weight is 326 g/mol. The fraction of sp³-hybridized carbons (Fsp3) is 0.467. The van der Waals surface area contributed by atoms with Gasteiger partial charge in [0.15, 0.2) is 6.61 Å². The number of hydrogen-bond donors (Lipinski definition) is 2. The van der Waals surface area contributed by atoms with Gasteiger partial charge in [0, 0.05) is 25.6 Å². The van der Waals surface area contributed by atoms with Crippen molar-refractivity contribution in [1.29, 1.82) is 0 Å². The van der Waals surface area contributed by atoms with Crippen LogP contribution in [0.15, 0.2) is 24.3 Å². The molecule has 2 aliphatic rings. The number of anilines is 1.